The van der Waals surface area contributed by atoms with Crippen LogP contribution in [-0.4, -0.2) is 21.1 Å². The fourth-order valence-corrected chi connectivity index (χ4v) is 2.11. The summed E-state index contributed by atoms with van der Waals surface area (Å²) in [6.07, 6.45) is -0.0450. The maximum atomic E-state index is 10.7. The van der Waals surface area contributed by atoms with Gasteiger partial charge in [0.05, 0.1) is 11.3 Å². The molecule has 8 heteroatoms. The smallest absolute Gasteiger partial charge is 0.307 e. The van der Waals surface area contributed by atoms with Gasteiger partial charge >= 0.3 is 5.97 Å². The summed E-state index contributed by atoms with van der Waals surface area (Å²) in [7, 11) is 0. The Morgan fingerprint density at radius 3 is 2.39 bits per heavy atom. The van der Waals surface area contributed by atoms with Gasteiger partial charge in [-0.3, -0.25) is 14.9 Å². The minimum absolute atomic E-state index is 0.0316. The maximum Gasteiger partial charge on any atom is 0.307 e. The van der Waals surface area contributed by atoms with Crippen molar-refractivity contribution in [3.8, 4) is 0 Å². The van der Waals surface area contributed by atoms with Crippen LogP contribution in [0.2, 0.25) is 0 Å². The molecule has 0 aliphatic carbocycles. The first kappa shape index (κ1) is 16.4. The average molecular weight is 331 g/mol. The Hall–Kier alpha value is -3.00. The van der Waals surface area contributed by atoms with Crippen molar-refractivity contribution >= 4 is 40.4 Å². The third-order valence-corrected chi connectivity index (χ3v) is 3.09. The van der Waals surface area contributed by atoms with E-state index in [1.165, 1.54) is 12.1 Å². The largest absolute Gasteiger partial charge is 0.481 e. The Labute approximate surface area is 137 Å². The molecule has 0 heterocycles. The standard InChI is InChI=1S/C15H13N3O4S/c19-14(20)8-10-4-6-11(7-5-10)16-15(23)17-12-2-1-3-13(9-12)18(21)22/h1-7,9H,8H2,(H,19,20)(H2,16,17,23). The molecule has 0 spiro atoms. The Bertz CT molecular complexity index is 747. The fourth-order valence-electron chi connectivity index (χ4n) is 1.87. The molecule has 0 saturated heterocycles. The first-order valence-corrected chi connectivity index (χ1v) is 6.98. The van der Waals surface area contributed by atoms with E-state index in [0.29, 0.717) is 16.9 Å². The number of hydrogen-bond donors (Lipinski definition) is 3. The quantitative estimate of drug-likeness (QED) is 0.439. The van der Waals surface area contributed by atoms with Gasteiger partial charge in [0.1, 0.15) is 0 Å². The van der Waals surface area contributed by atoms with Crippen molar-refractivity contribution in [3.63, 3.8) is 0 Å². The minimum atomic E-state index is -0.895. The molecule has 0 fully saturated rings. The van der Waals surface area contributed by atoms with Gasteiger partial charge in [0.15, 0.2) is 5.11 Å². The topological polar surface area (TPSA) is 104 Å². The normalized spacial score (nSPS) is 9.91. The molecule has 0 aliphatic heterocycles. The van der Waals surface area contributed by atoms with Crippen LogP contribution in [0.3, 0.4) is 0 Å². The van der Waals surface area contributed by atoms with Crippen LogP contribution < -0.4 is 10.6 Å². The van der Waals surface area contributed by atoms with Crippen LogP contribution in [0.4, 0.5) is 17.1 Å². The van der Waals surface area contributed by atoms with Gasteiger partial charge in [0.2, 0.25) is 0 Å². The molecular weight excluding hydrogens is 318 g/mol. The summed E-state index contributed by atoms with van der Waals surface area (Å²) in [6.45, 7) is 0. The van der Waals surface area contributed by atoms with Crippen molar-refractivity contribution < 1.29 is 14.8 Å². The number of carbonyl (C=O) groups is 1. The monoisotopic (exact) mass is 331 g/mol. The number of aliphatic carboxylic acids is 1. The predicted octanol–water partition coefficient (Wildman–Crippen LogP) is 3.03. The van der Waals surface area contributed by atoms with Crippen molar-refractivity contribution in [2.24, 2.45) is 0 Å². The number of nitrogens with zero attached hydrogens (tertiary/aromatic N) is 1. The molecule has 0 amide bonds. The van der Waals surface area contributed by atoms with Crippen LogP contribution >= 0.6 is 12.2 Å². The van der Waals surface area contributed by atoms with Crippen LogP contribution in [0.15, 0.2) is 48.5 Å². The van der Waals surface area contributed by atoms with Crippen molar-refractivity contribution in [2.75, 3.05) is 10.6 Å². The van der Waals surface area contributed by atoms with E-state index < -0.39 is 10.9 Å². The number of carboxylic acid groups (broad SMARTS) is 1. The van der Waals surface area contributed by atoms with Crippen molar-refractivity contribution in [1.82, 2.24) is 0 Å². The second-order valence-corrected chi connectivity index (χ2v) is 5.06. The number of nitrogens with one attached hydrogen (secondary N) is 2. The number of nitro groups is 1. The van der Waals surface area contributed by atoms with Gasteiger partial charge in [-0.15, -0.1) is 0 Å². The number of nitro benzene ring substituents is 1. The highest BCUT2D eigenvalue weighted by Gasteiger charge is 2.07. The summed E-state index contributed by atoms with van der Waals surface area (Å²) in [5, 5.41) is 25.5. The van der Waals surface area contributed by atoms with E-state index in [2.05, 4.69) is 10.6 Å². The lowest BCUT2D eigenvalue weighted by atomic mass is 10.1. The van der Waals surface area contributed by atoms with E-state index in [1.54, 1.807) is 36.4 Å². The van der Waals surface area contributed by atoms with E-state index in [0.717, 1.165) is 0 Å². The number of non-ortho nitro benzene ring substituents is 1. The van der Waals surface area contributed by atoms with Gasteiger partial charge in [-0.1, -0.05) is 18.2 Å². The maximum absolute atomic E-state index is 10.7. The molecule has 0 aliphatic rings. The second kappa shape index (κ2) is 7.32. The molecular formula is C15H13N3O4S. The Morgan fingerprint density at radius 2 is 1.78 bits per heavy atom. The molecule has 2 aromatic rings. The summed E-state index contributed by atoms with van der Waals surface area (Å²) in [5.74, 6) is -0.895. The molecule has 0 bridgehead atoms. The Morgan fingerprint density at radius 1 is 1.13 bits per heavy atom. The minimum Gasteiger partial charge on any atom is -0.481 e. The van der Waals surface area contributed by atoms with Crippen molar-refractivity contribution in [1.29, 1.82) is 0 Å². The van der Waals surface area contributed by atoms with Gasteiger partial charge in [0.25, 0.3) is 5.69 Å². The molecule has 2 aromatic carbocycles. The van der Waals surface area contributed by atoms with Gasteiger partial charge in [-0.05, 0) is 36.0 Å². The molecule has 7 nitrogen and oxygen atoms in total. The Kier molecular flexibility index (Phi) is 5.21. The summed E-state index contributed by atoms with van der Waals surface area (Å²) >= 11 is 5.14. The lowest BCUT2D eigenvalue weighted by Crippen LogP contribution is -2.19. The first-order chi connectivity index (χ1) is 10.9. The van der Waals surface area contributed by atoms with Gasteiger partial charge in [-0.2, -0.15) is 0 Å². The van der Waals surface area contributed by atoms with Crippen LogP contribution in [0.1, 0.15) is 5.56 Å². The van der Waals surface area contributed by atoms with Crippen molar-refractivity contribution in [2.45, 2.75) is 6.42 Å². The number of thiocarbonyl (C=S) groups is 1. The number of hydrogen-bond acceptors (Lipinski definition) is 4. The summed E-state index contributed by atoms with van der Waals surface area (Å²) in [5.41, 5.74) is 1.83. The molecule has 3 N–H and O–H groups in total. The first-order valence-electron chi connectivity index (χ1n) is 6.57. The molecule has 0 saturated carbocycles. The molecule has 0 unspecified atom stereocenters. The van der Waals surface area contributed by atoms with E-state index in [9.17, 15) is 14.9 Å². The highest BCUT2D eigenvalue weighted by atomic mass is 32.1. The number of carboxylic acids is 1. The molecule has 0 radical (unpaired) electrons. The van der Waals surface area contributed by atoms with E-state index >= 15 is 0 Å². The third-order valence-electron chi connectivity index (χ3n) is 2.88. The fraction of sp³-hybridized carbons (Fsp3) is 0.0667. The zero-order valence-corrected chi connectivity index (χ0v) is 12.7. The van der Waals surface area contributed by atoms with Crippen LogP contribution in [0, 0.1) is 10.1 Å². The molecule has 0 aromatic heterocycles. The summed E-state index contributed by atoms with van der Waals surface area (Å²) < 4.78 is 0. The van der Waals surface area contributed by atoms with Crippen LogP contribution in [0.5, 0.6) is 0 Å². The lowest BCUT2D eigenvalue weighted by Gasteiger charge is -2.10. The van der Waals surface area contributed by atoms with Crippen LogP contribution in [-0.2, 0) is 11.2 Å². The summed E-state index contributed by atoms with van der Waals surface area (Å²) in [6, 6.07) is 12.8. The highest BCUT2D eigenvalue weighted by Crippen LogP contribution is 2.17. The number of anilines is 2. The van der Waals surface area contributed by atoms with Crippen molar-refractivity contribution in [3.05, 3.63) is 64.2 Å². The zero-order chi connectivity index (χ0) is 16.8. The SMILES string of the molecule is O=C(O)Cc1ccc(NC(=S)Nc2cccc([N+](=O)[O-])c2)cc1. The average Bonchev–Trinajstić information content (AvgIpc) is 2.49. The van der Waals surface area contributed by atoms with E-state index in [1.807, 2.05) is 0 Å². The third kappa shape index (κ3) is 5.04. The van der Waals surface area contributed by atoms with Gasteiger partial charge < -0.3 is 15.7 Å². The Balaban J connectivity index is 1.98. The number of rotatable bonds is 5. The zero-order valence-electron chi connectivity index (χ0n) is 11.9. The van der Waals surface area contributed by atoms with Crippen LogP contribution in [0.25, 0.3) is 0 Å². The molecule has 23 heavy (non-hydrogen) atoms. The second-order valence-electron chi connectivity index (χ2n) is 4.65. The van der Waals surface area contributed by atoms with Gasteiger partial charge in [0, 0.05) is 23.5 Å². The van der Waals surface area contributed by atoms with E-state index in [-0.39, 0.29) is 17.2 Å². The van der Waals surface area contributed by atoms with E-state index in [4.69, 9.17) is 17.3 Å². The summed E-state index contributed by atoms with van der Waals surface area (Å²) in [4.78, 5) is 20.9. The molecule has 118 valence electrons. The predicted molar refractivity (Wildman–Crippen MR) is 90.7 cm³/mol. The lowest BCUT2D eigenvalue weighted by molar-refractivity contribution is -0.384. The van der Waals surface area contributed by atoms with Gasteiger partial charge in [-0.25, -0.2) is 0 Å². The molecule has 2 rings (SSSR count). The highest BCUT2D eigenvalue weighted by molar-refractivity contribution is 7.80. The molecule has 0 atom stereocenters. The number of benzene rings is 2.